The molecule has 0 radical (unpaired) electrons. The zero-order valence-electron chi connectivity index (χ0n) is 22.2. The van der Waals surface area contributed by atoms with E-state index >= 15 is 0 Å². The SMILES string of the molecule is CCC(OC)N(CC1(N2CCN(CCC(C)C)CC2)CCOC(C)(C)C1)c1cccc(C#N)n1. The number of hydrogen-bond donors (Lipinski definition) is 0. The summed E-state index contributed by atoms with van der Waals surface area (Å²) in [6.07, 6.45) is 3.94. The van der Waals surface area contributed by atoms with Crippen LogP contribution in [0.5, 0.6) is 0 Å². The molecule has 7 nitrogen and oxygen atoms in total. The fourth-order valence-corrected chi connectivity index (χ4v) is 5.65. The van der Waals surface area contributed by atoms with E-state index in [1.165, 1.54) is 13.0 Å². The van der Waals surface area contributed by atoms with Crippen molar-refractivity contribution in [1.82, 2.24) is 14.8 Å². The molecule has 2 aliphatic heterocycles. The number of ether oxygens (including phenoxy) is 2. The van der Waals surface area contributed by atoms with Gasteiger partial charge >= 0.3 is 0 Å². The molecule has 2 fully saturated rings. The van der Waals surface area contributed by atoms with Crippen LogP contribution in [0, 0.1) is 17.2 Å². The number of anilines is 1. The van der Waals surface area contributed by atoms with Gasteiger partial charge in [-0.1, -0.05) is 26.8 Å². The van der Waals surface area contributed by atoms with Crippen LogP contribution in [0.15, 0.2) is 18.2 Å². The topological polar surface area (TPSA) is 64.9 Å². The fraction of sp³-hybridized carbons (Fsp3) is 0.778. The van der Waals surface area contributed by atoms with Gasteiger partial charge in [0, 0.05) is 52.0 Å². The largest absolute Gasteiger partial charge is 0.375 e. The van der Waals surface area contributed by atoms with Gasteiger partial charge in [0.1, 0.15) is 23.8 Å². The van der Waals surface area contributed by atoms with E-state index in [4.69, 9.17) is 9.47 Å². The maximum absolute atomic E-state index is 9.45. The van der Waals surface area contributed by atoms with Crippen LogP contribution in [0.4, 0.5) is 5.82 Å². The summed E-state index contributed by atoms with van der Waals surface area (Å²) in [7, 11) is 1.77. The molecule has 2 aliphatic rings. The summed E-state index contributed by atoms with van der Waals surface area (Å²) >= 11 is 0. The van der Waals surface area contributed by atoms with Crippen molar-refractivity contribution in [3.05, 3.63) is 23.9 Å². The number of pyridine rings is 1. The first-order chi connectivity index (χ1) is 16.2. The molecule has 3 heterocycles. The van der Waals surface area contributed by atoms with Crippen LogP contribution in [-0.2, 0) is 9.47 Å². The van der Waals surface area contributed by atoms with E-state index in [0.717, 1.165) is 70.3 Å². The normalized spacial score (nSPS) is 24.6. The van der Waals surface area contributed by atoms with Gasteiger partial charge in [0.25, 0.3) is 0 Å². The second-order valence-electron chi connectivity index (χ2n) is 11.0. The van der Waals surface area contributed by atoms with E-state index in [1.807, 2.05) is 12.1 Å². The quantitative estimate of drug-likeness (QED) is 0.475. The lowest BCUT2D eigenvalue weighted by Crippen LogP contribution is -2.66. The van der Waals surface area contributed by atoms with E-state index in [9.17, 15) is 5.26 Å². The highest BCUT2D eigenvalue weighted by atomic mass is 16.5. The Balaban J connectivity index is 1.89. The Morgan fingerprint density at radius 2 is 1.97 bits per heavy atom. The van der Waals surface area contributed by atoms with Crippen molar-refractivity contribution in [2.24, 2.45) is 5.92 Å². The molecule has 2 unspecified atom stereocenters. The maximum atomic E-state index is 9.45. The molecular weight excluding hydrogens is 426 g/mol. The van der Waals surface area contributed by atoms with Crippen LogP contribution in [0.25, 0.3) is 0 Å². The molecule has 0 N–H and O–H groups in total. The monoisotopic (exact) mass is 471 g/mol. The molecule has 0 aliphatic carbocycles. The van der Waals surface area contributed by atoms with Gasteiger partial charge in [-0.05, 0) is 64.1 Å². The first kappa shape index (κ1) is 26.9. The van der Waals surface area contributed by atoms with Crippen molar-refractivity contribution < 1.29 is 9.47 Å². The van der Waals surface area contributed by atoms with Crippen molar-refractivity contribution >= 4 is 5.82 Å². The number of methoxy groups -OCH3 is 1. The second-order valence-corrected chi connectivity index (χ2v) is 11.0. The molecule has 1 aromatic heterocycles. The van der Waals surface area contributed by atoms with Crippen LogP contribution in [0.2, 0.25) is 0 Å². The van der Waals surface area contributed by atoms with Crippen LogP contribution in [0.3, 0.4) is 0 Å². The lowest BCUT2D eigenvalue weighted by molar-refractivity contribution is -0.126. The third kappa shape index (κ3) is 6.69. The van der Waals surface area contributed by atoms with Crippen LogP contribution in [-0.4, -0.2) is 85.1 Å². The summed E-state index contributed by atoms with van der Waals surface area (Å²) in [5, 5.41) is 9.45. The van der Waals surface area contributed by atoms with Gasteiger partial charge in [-0.3, -0.25) is 4.90 Å². The molecule has 0 aromatic carbocycles. The van der Waals surface area contributed by atoms with Gasteiger partial charge in [-0.2, -0.15) is 5.26 Å². The predicted octanol–water partition coefficient (Wildman–Crippen LogP) is 4.13. The van der Waals surface area contributed by atoms with Crippen molar-refractivity contribution in [3.63, 3.8) is 0 Å². The predicted molar refractivity (Wildman–Crippen MR) is 137 cm³/mol. The second kappa shape index (κ2) is 11.8. The molecule has 2 saturated heterocycles. The van der Waals surface area contributed by atoms with Crippen molar-refractivity contribution in [2.75, 3.05) is 57.9 Å². The van der Waals surface area contributed by atoms with Gasteiger partial charge in [0.15, 0.2) is 0 Å². The number of aromatic nitrogens is 1. The molecule has 3 rings (SSSR count). The molecule has 0 amide bonds. The Labute approximate surface area is 207 Å². The van der Waals surface area contributed by atoms with Crippen LogP contribution >= 0.6 is 0 Å². The average Bonchev–Trinajstić information content (AvgIpc) is 2.82. The lowest BCUT2D eigenvalue weighted by Gasteiger charge is -2.55. The maximum Gasteiger partial charge on any atom is 0.142 e. The smallest absolute Gasteiger partial charge is 0.142 e. The molecule has 0 bridgehead atoms. The fourth-order valence-electron chi connectivity index (χ4n) is 5.65. The minimum Gasteiger partial charge on any atom is -0.375 e. The standard InChI is InChI=1S/C27H45N5O2/c1-7-25(33-6)32(24-10-8-9-23(19-28)29-24)21-27(12-18-34-26(4,5)20-27)31-16-14-30(15-17-31)13-11-22(2)3/h8-10,22,25H,7,11-18,20-21H2,1-6H3. The summed E-state index contributed by atoms with van der Waals surface area (Å²) in [5.41, 5.74) is 0.214. The molecule has 190 valence electrons. The first-order valence-electron chi connectivity index (χ1n) is 13.0. The molecule has 34 heavy (non-hydrogen) atoms. The highest BCUT2D eigenvalue weighted by Crippen LogP contribution is 2.39. The Morgan fingerprint density at radius 3 is 2.56 bits per heavy atom. The average molecular weight is 472 g/mol. The highest BCUT2D eigenvalue weighted by Gasteiger charge is 2.47. The molecule has 0 saturated carbocycles. The number of hydrogen-bond acceptors (Lipinski definition) is 7. The summed E-state index contributed by atoms with van der Waals surface area (Å²) in [6, 6.07) is 7.89. The minimum absolute atomic E-state index is 0.0395. The third-order valence-electron chi connectivity index (χ3n) is 7.46. The Bertz CT molecular complexity index is 811. The zero-order chi connectivity index (χ0) is 24.8. The summed E-state index contributed by atoms with van der Waals surface area (Å²) in [6.45, 7) is 18.3. The van der Waals surface area contributed by atoms with E-state index in [1.54, 1.807) is 13.2 Å². The Kier molecular flexibility index (Phi) is 9.34. The van der Waals surface area contributed by atoms with Crippen LogP contribution < -0.4 is 4.90 Å². The molecule has 7 heteroatoms. The van der Waals surface area contributed by atoms with E-state index < -0.39 is 0 Å². The molecule has 0 spiro atoms. The van der Waals surface area contributed by atoms with Gasteiger partial charge < -0.3 is 19.3 Å². The van der Waals surface area contributed by atoms with Gasteiger partial charge in [0.05, 0.1) is 5.60 Å². The molecular formula is C27H45N5O2. The zero-order valence-corrected chi connectivity index (χ0v) is 22.2. The lowest BCUT2D eigenvalue weighted by atomic mass is 9.78. The Morgan fingerprint density at radius 1 is 1.24 bits per heavy atom. The molecule has 2 atom stereocenters. The van der Waals surface area contributed by atoms with Crippen molar-refractivity contribution in [1.29, 1.82) is 5.26 Å². The van der Waals surface area contributed by atoms with Gasteiger partial charge in [-0.15, -0.1) is 0 Å². The van der Waals surface area contributed by atoms with E-state index in [2.05, 4.69) is 60.4 Å². The first-order valence-corrected chi connectivity index (χ1v) is 13.0. The third-order valence-corrected chi connectivity index (χ3v) is 7.46. The van der Waals surface area contributed by atoms with Crippen molar-refractivity contribution in [3.8, 4) is 6.07 Å². The summed E-state index contributed by atoms with van der Waals surface area (Å²) in [5.74, 6) is 1.55. The molecule has 1 aromatic rings. The summed E-state index contributed by atoms with van der Waals surface area (Å²) < 4.78 is 12.1. The van der Waals surface area contributed by atoms with E-state index in [0.29, 0.717) is 5.69 Å². The Hall–Kier alpha value is -1.72. The minimum atomic E-state index is -0.185. The number of rotatable bonds is 10. The number of nitriles is 1. The van der Waals surface area contributed by atoms with Crippen molar-refractivity contribution in [2.45, 2.75) is 77.7 Å². The van der Waals surface area contributed by atoms with Crippen LogP contribution in [0.1, 0.15) is 66.0 Å². The number of nitrogens with zero attached hydrogens (tertiary/aromatic N) is 5. The van der Waals surface area contributed by atoms with E-state index in [-0.39, 0.29) is 17.4 Å². The number of piperazine rings is 1. The highest BCUT2D eigenvalue weighted by molar-refractivity contribution is 5.43. The van der Waals surface area contributed by atoms with Gasteiger partial charge in [-0.25, -0.2) is 4.98 Å². The summed E-state index contributed by atoms with van der Waals surface area (Å²) in [4.78, 5) is 12.3. The van der Waals surface area contributed by atoms with Gasteiger partial charge in [0.2, 0.25) is 0 Å².